The van der Waals surface area contributed by atoms with Crippen LogP contribution in [0.2, 0.25) is 0 Å². The predicted molar refractivity (Wildman–Crippen MR) is 55.7 cm³/mol. The molecule has 0 unspecified atom stereocenters. The molecule has 1 atom stereocenters. The summed E-state index contributed by atoms with van der Waals surface area (Å²) >= 11 is 0. The van der Waals surface area contributed by atoms with Crippen LogP contribution in [0, 0.1) is 0 Å². The molecule has 6 heteroatoms. The van der Waals surface area contributed by atoms with Crippen molar-refractivity contribution >= 4 is 17.8 Å². The van der Waals surface area contributed by atoms with Crippen molar-refractivity contribution in [3.05, 3.63) is 0 Å². The van der Waals surface area contributed by atoms with Gasteiger partial charge in [-0.3, -0.25) is 9.59 Å². The molecule has 2 N–H and O–H groups in total. The lowest BCUT2D eigenvalue weighted by Gasteiger charge is -2.10. The van der Waals surface area contributed by atoms with Crippen LogP contribution in [0.5, 0.6) is 0 Å². The van der Waals surface area contributed by atoms with E-state index in [1.807, 2.05) is 0 Å². The molecule has 0 spiro atoms. The largest absolute Gasteiger partial charge is 0.481 e. The second-order valence-electron chi connectivity index (χ2n) is 3.41. The first kappa shape index (κ1) is 14.4. The van der Waals surface area contributed by atoms with Crippen LogP contribution in [0.4, 0.5) is 0 Å². The third-order valence-electron chi connectivity index (χ3n) is 1.98. The Bertz CT molecular complexity index is 264. The van der Waals surface area contributed by atoms with Gasteiger partial charge in [0.1, 0.15) is 6.04 Å². The highest BCUT2D eigenvalue weighted by Gasteiger charge is 2.15. The van der Waals surface area contributed by atoms with Gasteiger partial charge in [0.05, 0.1) is 7.11 Å². The molecule has 92 valence electrons. The summed E-state index contributed by atoms with van der Waals surface area (Å²) in [7, 11) is 1.25. The van der Waals surface area contributed by atoms with Crippen molar-refractivity contribution in [2.24, 2.45) is 0 Å². The molecule has 0 fully saturated rings. The summed E-state index contributed by atoms with van der Waals surface area (Å²) in [5, 5.41) is 10.8. The fourth-order valence-electron chi connectivity index (χ4n) is 1.11. The molecule has 0 aliphatic rings. The van der Waals surface area contributed by atoms with Gasteiger partial charge in [0, 0.05) is 12.8 Å². The molecule has 0 aliphatic heterocycles. The van der Waals surface area contributed by atoms with Crippen molar-refractivity contribution in [1.29, 1.82) is 0 Å². The van der Waals surface area contributed by atoms with Crippen LogP contribution in [0.15, 0.2) is 0 Å². The van der Waals surface area contributed by atoms with Gasteiger partial charge in [-0.25, -0.2) is 4.79 Å². The number of carbonyl (C=O) groups excluding carboxylic acids is 2. The van der Waals surface area contributed by atoms with E-state index in [9.17, 15) is 14.4 Å². The highest BCUT2D eigenvalue weighted by atomic mass is 16.5. The van der Waals surface area contributed by atoms with E-state index < -0.39 is 18.0 Å². The topological polar surface area (TPSA) is 92.7 Å². The number of aliphatic carboxylic acids is 1. The molecule has 0 aromatic rings. The third-order valence-corrected chi connectivity index (χ3v) is 1.98. The van der Waals surface area contributed by atoms with Crippen molar-refractivity contribution in [2.45, 2.75) is 38.6 Å². The standard InChI is InChI=1S/C10H17NO5/c1-7(10(15)16-2)11-8(12)5-3-4-6-9(13)14/h7H,3-6H2,1-2H3,(H,11,12)(H,13,14)/t7-/m1/s1. The van der Waals surface area contributed by atoms with Crippen molar-refractivity contribution in [2.75, 3.05) is 7.11 Å². The van der Waals surface area contributed by atoms with E-state index in [1.165, 1.54) is 14.0 Å². The highest BCUT2D eigenvalue weighted by molar-refractivity contribution is 5.84. The minimum Gasteiger partial charge on any atom is -0.481 e. The maximum absolute atomic E-state index is 11.3. The number of hydrogen-bond acceptors (Lipinski definition) is 4. The molecule has 0 heterocycles. The number of carboxylic acid groups (broad SMARTS) is 1. The van der Waals surface area contributed by atoms with Crippen LogP contribution < -0.4 is 5.32 Å². The fourth-order valence-corrected chi connectivity index (χ4v) is 1.11. The second-order valence-corrected chi connectivity index (χ2v) is 3.41. The van der Waals surface area contributed by atoms with Crippen molar-refractivity contribution in [1.82, 2.24) is 5.32 Å². The maximum atomic E-state index is 11.3. The van der Waals surface area contributed by atoms with E-state index in [2.05, 4.69) is 10.1 Å². The average molecular weight is 231 g/mol. The molecule has 0 aromatic carbocycles. The lowest BCUT2D eigenvalue weighted by Crippen LogP contribution is -2.39. The van der Waals surface area contributed by atoms with Gasteiger partial charge >= 0.3 is 11.9 Å². The van der Waals surface area contributed by atoms with Crippen LogP contribution in [-0.4, -0.2) is 36.1 Å². The normalized spacial score (nSPS) is 11.6. The van der Waals surface area contributed by atoms with Crippen LogP contribution in [0.1, 0.15) is 32.6 Å². The Balaban J connectivity index is 3.66. The van der Waals surface area contributed by atoms with Gasteiger partial charge in [0.25, 0.3) is 0 Å². The summed E-state index contributed by atoms with van der Waals surface area (Å²) in [5.41, 5.74) is 0. The zero-order chi connectivity index (χ0) is 12.6. The van der Waals surface area contributed by atoms with Crippen LogP contribution in [0.25, 0.3) is 0 Å². The Hall–Kier alpha value is -1.59. The van der Waals surface area contributed by atoms with Crippen molar-refractivity contribution in [3.63, 3.8) is 0 Å². The van der Waals surface area contributed by atoms with Crippen LogP contribution in [0.3, 0.4) is 0 Å². The molecule has 6 nitrogen and oxygen atoms in total. The zero-order valence-corrected chi connectivity index (χ0v) is 9.49. The molecule has 1 amide bonds. The van der Waals surface area contributed by atoms with E-state index in [0.29, 0.717) is 12.8 Å². The highest BCUT2D eigenvalue weighted by Crippen LogP contribution is 2.00. The quantitative estimate of drug-likeness (QED) is 0.486. The number of nitrogens with one attached hydrogen (secondary N) is 1. The molecule has 0 saturated heterocycles. The SMILES string of the molecule is COC(=O)[C@@H](C)NC(=O)CCCCC(=O)O. The van der Waals surface area contributed by atoms with E-state index in [0.717, 1.165) is 0 Å². The Morgan fingerprint density at radius 3 is 2.31 bits per heavy atom. The van der Waals surface area contributed by atoms with Crippen molar-refractivity contribution < 1.29 is 24.2 Å². The first-order chi connectivity index (χ1) is 7.47. The molecule has 0 aromatic heterocycles. The molecule has 16 heavy (non-hydrogen) atoms. The number of amides is 1. The second kappa shape index (κ2) is 7.67. The molecule has 0 rings (SSSR count). The maximum Gasteiger partial charge on any atom is 0.328 e. The minimum atomic E-state index is -0.872. The Kier molecular flexibility index (Phi) is 6.91. The number of carboxylic acids is 1. The first-order valence-corrected chi connectivity index (χ1v) is 5.06. The summed E-state index contributed by atoms with van der Waals surface area (Å²) in [5.74, 6) is -1.65. The lowest BCUT2D eigenvalue weighted by atomic mass is 10.2. The van der Waals surface area contributed by atoms with Crippen molar-refractivity contribution in [3.8, 4) is 0 Å². The van der Waals surface area contributed by atoms with E-state index in [-0.39, 0.29) is 18.7 Å². The van der Waals surface area contributed by atoms with Crippen LogP contribution in [-0.2, 0) is 19.1 Å². The summed E-state index contributed by atoms with van der Waals surface area (Å²) in [6, 6.07) is -0.669. The molecule has 0 bridgehead atoms. The summed E-state index contributed by atoms with van der Waals surface area (Å²) in [6.45, 7) is 1.53. The van der Waals surface area contributed by atoms with Gasteiger partial charge in [-0.2, -0.15) is 0 Å². The van der Waals surface area contributed by atoms with Gasteiger partial charge in [0.2, 0.25) is 5.91 Å². The third kappa shape index (κ3) is 6.80. The van der Waals surface area contributed by atoms with Crippen LogP contribution >= 0.6 is 0 Å². The van der Waals surface area contributed by atoms with Gasteiger partial charge in [-0.1, -0.05) is 0 Å². The molecular formula is C10H17NO5. The van der Waals surface area contributed by atoms with Gasteiger partial charge in [-0.15, -0.1) is 0 Å². The number of unbranched alkanes of at least 4 members (excludes halogenated alkanes) is 1. The van der Waals surface area contributed by atoms with Gasteiger partial charge in [-0.05, 0) is 19.8 Å². The van der Waals surface area contributed by atoms with Gasteiger partial charge in [0.15, 0.2) is 0 Å². The average Bonchev–Trinajstić information content (AvgIpc) is 2.22. The monoisotopic (exact) mass is 231 g/mol. The van der Waals surface area contributed by atoms with E-state index in [1.54, 1.807) is 0 Å². The number of esters is 1. The first-order valence-electron chi connectivity index (χ1n) is 5.06. The summed E-state index contributed by atoms with van der Waals surface area (Å²) < 4.78 is 4.44. The predicted octanol–water partition coefficient (Wildman–Crippen LogP) is 0.309. The number of ether oxygens (including phenoxy) is 1. The summed E-state index contributed by atoms with van der Waals surface area (Å²) in [6.07, 6.45) is 1.22. The van der Waals surface area contributed by atoms with Gasteiger partial charge < -0.3 is 15.2 Å². The number of hydrogen-bond donors (Lipinski definition) is 2. The number of carbonyl (C=O) groups is 3. The lowest BCUT2D eigenvalue weighted by molar-refractivity contribution is -0.144. The zero-order valence-electron chi connectivity index (χ0n) is 9.49. The Labute approximate surface area is 94.0 Å². The molecule has 0 aliphatic carbocycles. The minimum absolute atomic E-state index is 0.0554. The fraction of sp³-hybridized carbons (Fsp3) is 0.700. The molecular weight excluding hydrogens is 214 g/mol. The molecule has 0 saturated carbocycles. The van der Waals surface area contributed by atoms with E-state index in [4.69, 9.17) is 5.11 Å². The Morgan fingerprint density at radius 1 is 1.25 bits per heavy atom. The number of rotatable bonds is 7. The smallest absolute Gasteiger partial charge is 0.328 e. The number of methoxy groups -OCH3 is 1. The Morgan fingerprint density at radius 2 is 1.81 bits per heavy atom. The summed E-state index contributed by atoms with van der Waals surface area (Å²) in [4.78, 5) is 32.4. The van der Waals surface area contributed by atoms with E-state index >= 15 is 0 Å². The molecule has 0 radical (unpaired) electrons.